The molecule has 0 spiro atoms. The lowest BCUT2D eigenvalue weighted by molar-refractivity contribution is 0.115. The van der Waals surface area contributed by atoms with Crippen molar-refractivity contribution >= 4 is 41.7 Å². The fraction of sp³-hybridized carbons (Fsp3) is 0.800. The summed E-state index contributed by atoms with van der Waals surface area (Å²) in [7, 11) is 2.07. The number of rotatable bonds is 11. The molecule has 0 saturated heterocycles. The second kappa shape index (κ2) is 13.7. The van der Waals surface area contributed by atoms with Crippen molar-refractivity contribution in [1.29, 1.82) is 0 Å². The Morgan fingerprint density at radius 2 is 2.29 bits per heavy atom. The van der Waals surface area contributed by atoms with E-state index in [4.69, 9.17) is 4.74 Å². The summed E-state index contributed by atoms with van der Waals surface area (Å²) in [6, 6.07) is 0. The van der Waals surface area contributed by atoms with Gasteiger partial charge in [-0.3, -0.25) is 4.99 Å². The normalized spacial score (nSPS) is 14.5. The molecule has 4 nitrogen and oxygen atoms in total. The first-order valence-corrected chi connectivity index (χ1v) is 8.69. The van der Waals surface area contributed by atoms with Crippen LogP contribution in [-0.2, 0) is 4.74 Å². The van der Waals surface area contributed by atoms with Gasteiger partial charge in [0.25, 0.3) is 0 Å². The zero-order chi connectivity index (χ0) is 14.6. The van der Waals surface area contributed by atoms with Crippen molar-refractivity contribution in [2.45, 2.75) is 19.8 Å². The van der Waals surface area contributed by atoms with E-state index in [9.17, 15) is 0 Å². The molecule has 1 aliphatic rings. The van der Waals surface area contributed by atoms with Gasteiger partial charge >= 0.3 is 0 Å². The maximum absolute atomic E-state index is 5.67. The van der Waals surface area contributed by atoms with Gasteiger partial charge in [0.1, 0.15) is 0 Å². The first-order valence-electron chi connectivity index (χ1n) is 7.53. The van der Waals surface area contributed by atoms with Crippen LogP contribution in [-0.4, -0.2) is 62.3 Å². The van der Waals surface area contributed by atoms with Crippen LogP contribution in [0.4, 0.5) is 0 Å². The molecular weight excluding hydrogens is 397 g/mol. The third-order valence-electron chi connectivity index (χ3n) is 3.05. The van der Waals surface area contributed by atoms with Crippen LogP contribution < -0.4 is 5.32 Å². The van der Waals surface area contributed by atoms with E-state index < -0.39 is 0 Å². The fourth-order valence-corrected chi connectivity index (χ4v) is 2.25. The van der Waals surface area contributed by atoms with Gasteiger partial charge < -0.3 is 15.0 Å². The molecule has 1 saturated carbocycles. The van der Waals surface area contributed by atoms with Gasteiger partial charge in [-0.2, -0.15) is 11.8 Å². The van der Waals surface area contributed by atoms with E-state index in [1.807, 2.05) is 17.8 Å². The molecule has 0 atom stereocenters. The van der Waals surface area contributed by atoms with Crippen molar-refractivity contribution in [3.63, 3.8) is 0 Å². The Bertz CT molecular complexity index is 299. The molecule has 0 aromatic carbocycles. The molecule has 1 fully saturated rings. The van der Waals surface area contributed by atoms with Crippen LogP contribution >= 0.6 is 35.7 Å². The Hall–Kier alpha value is 0.0500. The van der Waals surface area contributed by atoms with Gasteiger partial charge in [-0.25, -0.2) is 0 Å². The van der Waals surface area contributed by atoms with Gasteiger partial charge in [-0.05, 0) is 25.7 Å². The first kappa shape index (κ1) is 21.0. The predicted octanol–water partition coefficient (Wildman–Crippen LogP) is 2.85. The van der Waals surface area contributed by atoms with Gasteiger partial charge in [-0.15, -0.1) is 30.6 Å². The van der Waals surface area contributed by atoms with Crippen molar-refractivity contribution in [1.82, 2.24) is 10.2 Å². The van der Waals surface area contributed by atoms with E-state index in [-0.39, 0.29) is 24.0 Å². The summed E-state index contributed by atoms with van der Waals surface area (Å²) in [5, 5.41) is 3.33. The highest BCUT2D eigenvalue weighted by Crippen LogP contribution is 2.28. The van der Waals surface area contributed by atoms with E-state index in [1.54, 1.807) is 0 Å². The van der Waals surface area contributed by atoms with Gasteiger partial charge in [0.05, 0.1) is 13.2 Å². The number of hydrogen-bond acceptors (Lipinski definition) is 3. The molecule has 0 bridgehead atoms. The van der Waals surface area contributed by atoms with E-state index in [0.29, 0.717) is 0 Å². The lowest BCUT2D eigenvalue weighted by Crippen LogP contribution is -2.40. The Balaban J connectivity index is 0.00000400. The van der Waals surface area contributed by atoms with Gasteiger partial charge in [0, 0.05) is 38.2 Å². The Kier molecular flexibility index (Phi) is 13.7. The molecule has 0 heterocycles. The van der Waals surface area contributed by atoms with E-state index in [2.05, 4.69) is 35.8 Å². The number of nitrogens with zero attached hydrogens (tertiary/aromatic N) is 2. The number of aliphatic imine (C=N–C) groups is 1. The van der Waals surface area contributed by atoms with Crippen LogP contribution in [0.15, 0.2) is 17.6 Å². The zero-order valence-corrected chi connectivity index (χ0v) is 16.5. The molecule has 0 aromatic heterocycles. The van der Waals surface area contributed by atoms with Gasteiger partial charge in [-0.1, -0.05) is 6.08 Å². The second-order valence-electron chi connectivity index (χ2n) is 5.04. The molecule has 1 aliphatic carbocycles. The molecule has 0 aliphatic heterocycles. The number of guanidine groups is 1. The maximum Gasteiger partial charge on any atom is 0.193 e. The highest BCUT2D eigenvalue weighted by Gasteiger charge is 2.21. The predicted molar refractivity (Wildman–Crippen MR) is 105 cm³/mol. The molecule has 0 radical (unpaired) electrons. The minimum absolute atomic E-state index is 0. The quantitative estimate of drug-likeness (QED) is 0.181. The summed E-state index contributed by atoms with van der Waals surface area (Å²) in [6.45, 7) is 10.1. The smallest absolute Gasteiger partial charge is 0.193 e. The number of hydrogen-bond donors (Lipinski definition) is 1. The lowest BCUT2D eigenvalue weighted by Gasteiger charge is -2.22. The number of nitrogens with one attached hydrogen (secondary N) is 1. The van der Waals surface area contributed by atoms with Crippen molar-refractivity contribution in [2.75, 3.05) is 51.4 Å². The number of thioether (sulfide) groups is 1. The highest BCUT2D eigenvalue weighted by atomic mass is 127. The summed E-state index contributed by atoms with van der Waals surface area (Å²) in [4.78, 5) is 6.78. The largest absolute Gasteiger partial charge is 0.379 e. The third kappa shape index (κ3) is 11.3. The second-order valence-corrected chi connectivity index (χ2v) is 6.19. The first-order chi connectivity index (χ1) is 9.77. The van der Waals surface area contributed by atoms with Gasteiger partial charge in [0.15, 0.2) is 5.96 Å². The average Bonchev–Trinajstić information content (AvgIpc) is 3.26. The summed E-state index contributed by atoms with van der Waals surface area (Å²) in [5.74, 6) is 3.84. The Morgan fingerprint density at radius 3 is 2.90 bits per heavy atom. The molecule has 6 heteroatoms. The van der Waals surface area contributed by atoms with E-state index in [1.165, 1.54) is 12.8 Å². The molecule has 1 N–H and O–H groups in total. The SMILES string of the molecule is C=CCSCCN=C(NCC)N(C)CCOCC1CC1.I. The minimum atomic E-state index is 0. The van der Waals surface area contributed by atoms with Crippen molar-refractivity contribution in [2.24, 2.45) is 10.9 Å². The van der Waals surface area contributed by atoms with Crippen molar-refractivity contribution in [3.05, 3.63) is 12.7 Å². The molecule has 0 aromatic rings. The van der Waals surface area contributed by atoms with Crippen molar-refractivity contribution in [3.8, 4) is 0 Å². The zero-order valence-electron chi connectivity index (χ0n) is 13.3. The summed E-state index contributed by atoms with van der Waals surface area (Å²) < 4.78 is 5.67. The molecule has 0 unspecified atom stereocenters. The third-order valence-corrected chi connectivity index (χ3v) is 3.99. The minimum Gasteiger partial charge on any atom is -0.379 e. The monoisotopic (exact) mass is 427 g/mol. The van der Waals surface area contributed by atoms with Crippen LogP contribution in [0.2, 0.25) is 0 Å². The van der Waals surface area contributed by atoms with Gasteiger partial charge in [0.2, 0.25) is 0 Å². The van der Waals surface area contributed by atoms with E-state index in [0.717, 1.165) is 56.2 Å². The highest BCUT2D eigenvalue weighted by molar-refractivity contribution is 14.0. The summed E-state index contributed by atoms with van der Waals surface area (Å²) in [6.07, 6.45) is 4.63. The van der Waals surface area contributed by atoms with Crippen LogP contribution in [0, 0.1) is 5.92 Å². The summed E-state index contributed by atoms with van der Waals surface area (Å²) in [5.41, 5.74) is 0. The van der Waals surface area contributed by atoms with Crippen LogP contribution in [0.3, 0.4) is 0 Å². The van der Waals surface area contributed by atoms with Crippen LogP contribution in [0.5, 0.6) is 0 Å². The standard InChI is InChI=1S/C15H29N3OS.HI/c1-4-11-20-12-8-17-15(16-5-2)18(3)9-10-19-13-14-6-7-14;/h4,14H,1,5-13H2,2-3H3,(H,16,17);1H. The average molecular weight is 427 g/mol. The topological polar surface area (TPSA) is 36.9 Å². The Morgan fingerprint density at radius 1 is 1.52 bits per heavy atom. The molecule has 0 amide bonds. The number of ether oxygens (including phenoxy) is 1. The molecule has 1 rings (SSSR count). The fourth-order valence-electron chi connectivity index (χ4n) is 1.69. The van der Waals surface area contributed by atoms with Crippen LogP contribution in [0.1, 0.15) is 19.8 Å². The summed E-state index contributed by atoms with van der Waals surface area (Å²) >= 11 is 1.86. The maximum atomic E-state index is 5.67. The van der Waals surface area contributed by atoms with Crippen molar-refractivity contribution < 1.29 is 4.74 Å². The van der Waals surface area contributed by atoms with Crippen LogP contribution in [0.25, 0.3) is 0 Å². The molecule has 124 valence electrons. The lowest BCUT2D eigenvalue weighted by atomic mass is 10.5. The number of halogens is 1. The molecular formula is C15H30IN3OS. The van der Waals surface area contributed by atoms with E-state index >= 15 is 0 Å². The Labute approximate surface area is 151 Å². The number of likely N-dealkylation sites (N-methyl/N-ethyl adjacent to an activating group) is 1. The molecule has 21 heavy (non-hydrogen) atoms.